The quantitative estimate of drug-likeness (QED) is 0.883. The molecular formula is C16H21NO2. The molecule has 3 nitrogen and oxygen atoms in total. The second kappa shape index (κ2) is 5.91. The molecule has 1 aromatic rings. The molecule has 0 aromatic heterocycles. The van der Waals surface area contributed by atoms with Gasteiger partial charge in [-0.05, 0) is 36.5 Å². The summed E-state index contributed by atoms with van der Waals surface area (Å²) >= 11 is 0. The number of phenolic OH excluding ortho intramolecular Hbond substituents is 1. The molecule has 0 radical (unpaired) electrons. The molecule has 102 valence electrons. The van der Waals surface area contributed by atoms with E-state index in [2.05, 4.69) is 13.8 Å². The average molecular weight is 259 g/mol. The lowest BCUT2D eigenvalue weighted by molar-refractivity contribution is -0.126. The Morgan fingerprint density at radius 2 is 1.95 bits per heavy atom. The first kappa shape index (κ1) is 13.7. The molecule has 0 saturated heterocycles. The van der Waals surface area contributed by atoms with Gasteiger partial charge in [-0.3, -0.25) is 4.79 Å². The summed E-state index contributed by atoms with van der Waals surface area (Å²) < 4.78 is 0. The number of carbonyl (C=O) groups excluding carboxylic acids is 1. The van der Waals surface area contributed by atoms with Crippen molar-refractivity contribution in [2.75, 3.05) is 6.54 Å². The minimum Gasteiger partial charge on any atom is -0.508 e. The molecule has 1 aliphatic heterocycles. The SMILES string of the molecule is CC(C)CCN1C(=O)C=CC1Cc1ccc(O)cc1. The van der Waals surface area contributed by atoms with Crippen LogP contribution in [0.3, 0.4) is 0 Å². The molecule has 1 aliphatic rings. The van der Waals surface area contributed by atoms with Gasteiger partial charge in [-0.15, -0.1) is 0 Å². The zero-order valence-corrected chi connectivity index (χ0v) is 11.5. The van der Waals surface area contributed by atoms with E-state index < -0.39 is 0 Å². The molecule has 1 atom stereocenters. The van der Waals surface area contributed by atoms with Crippen molar-refractivity contribution in [2.45, 2.75) is 32.7 Å². The predicted molar refractivity (Wildman–Crippen MR) is 75.9 cm³/mol. The minimum atomic E-state index is 0.115. The minimum absolute atomic E-state index is 0.115. The van der Waals surface area contributed by atoms with E-state index >= 15 is 0 Å². The first-order valence-electron chi connectivity index (χ1n) is 6.83. The van der Waals surface area contributed by atoms with Crippen LogP contribution >= 0.6 is 0 Å². The molecule has 0 spiro atoms. The largest absolute Gasteiger partial charge is 0.508 e. The summed E-state index contributed by atoms with van der Waals surface area (Å²) in [6.07, 6.45) is 5.49. The maximum Gasteiger partial charge on any atom is 0.246 e. The number of carbonyl (C=O) groups is 1. The van der Waals surface area contributed by atoms with E-state index in [0.29, 0.717) is 5.92 Å². The van der Waals surface area contributed by atoms with Gasteiger partial charge in [0.1, 0.15) is 5.75 Å². The molecule has 0 aliphatic carbocycles. The lowest BCUT2D eigenvalue weighted by Gasteiger charge is -2.25. The Morgan fingerprint density at radius 1 is 1.26 bits per heavy atom. The lowest BCUT2D eigenvalue weighted by Crippen LogP contribution is -2.36. The van der Waals surface area contributed by atoms with E-state index in [-0.39, 0.29) is 17.7 Å². The van der Waals surface area contributed by atoms with E-state index in [9.17, 15) is 9.90 Å². The maximum absolute atomic E-state index is 11.8. The van der Waals surface area contributed by atoms with Gasteiger partial charge in [-0.25, -0.2) is 0 Å². The van der Waals surface area contributed by atoms with Gasteiger partial charge in [-0.1, -0.05) is 32.1 Å². The van der Waals surface area contributed by atoms with Crippen LogP contribution in [0.15, 0.2) is 36.4 Å². The third-order valence-electron chi connectivity index (χ3n) is 3.47. The second-order valence-electron chi connectivity index (χ2n) is 5.51. The Kier molecular flexibility index (Phi) is 4.25. The number of amides is 1. The third-order valence-corrected chi connectivity index (χ3v) is 3.47. The summed E-state index contributed by atoms with van der Waals surface area (Å²) in [5, 5.41) is 9.28. The Hall–Kier alpha value is -1.77. The average Bonchev–Trinajstić information content (AvgIpc) is 2.70. The van der Waals surface area contributed by atoms with Crippen LogP contribution in [-0.2, 0) is 11.2 Å². The molecule has 1 unspecified atom stereocenters. The smallest absolute Gasteiger partial charge is 0.246 e. The van der Waals surface area contributed by atoms with Crippen LogP contribution in [0.4, 0.5) is 0 Å². The number of hydrogen-bond donors (Lipinski definition) is 1. The number of hydrogen-bond acceptors (Lipinski definition) is 2. The first-order chi connectivity index (χ1) is 9.06. The number of phenols is 1. The standard InChI is InChI=1S/C16H21NO2/c1-12(2)9-10-17-14(5-8-16(17)19)11-13-3-6-15(18)7-4-13/h3-8,12,14,18H,9-11H2,1-2H3. The Morgan fingerprint density at radius 3 is 2.58 bits per heavy atom. The van der Waals surface area contributed by atoms with Crippen molar-refractivity contribution in [2.24, 2.45) is 5.92 Å². The summed E-state index contributed by atoms with van der Waals surface area (Å²) in [7, 11) is 0. The summed E-state index contributed by atoms with van der Waals surface area (Å²) in [5.74, 6) is 0.991. The molecule has 1 aromatic carbocycles. The van der Waals surface area contributed by atoms with E-state index in [1.54, 1.807) is 18.2 Å². The van der Waals surface area contributed by atoms with E-state index in [1.165, 1.54) is 0 Å². The van der Waals surface area contributed by atoms with Crippen molar-refractivity contribution < 1.29 is 9.90 Å². The Bertz CT molecular complexity index is 462. The van der Waals surface area contributed by atoms with Crippen LogP contribution in [0.2, 0.25) is 0 Å². The van der Waals surface area contributed by atoms with Gasteiger partial charge in [0, 0.05) is 12.6 Å². The normalized spacial score (nSPS) is 18.6. The van der Waals surface area contributed by atoms with Gasteiger partial charge in [-0.2, -0.15) is 0 Å². The van der Waals surface area contributed by atoms with E-state index in [0.717, 1.165) is 24.9 Å². The van der Waals surface area contributed by atoms with E-state index in [4.69, 9.17) is 0 Å². The van der Waals surface area contributed by atoms with Crippen molar-refractivity contribution >= 4 is 5.91 Å². The van der Waals surface area contributed by atoms with Gasteiger partial charge < -0.3 is 10.0 Å². The second-order valence-corrected chi connectivity index (χ2v) is 5.51. The number of nitrogens with zero attached hydrogens (tertiary/aromatic N) is 1. The molecule has 1 N–H and O–H groups in total. The van der Waals surface area contributed by atoms with Crippen LogP contribution in [0, 0.1) is 5.92 Å². The molecule has 3 heteroatoms. The van der Waals surface area contributed by atoms with Gasteiger partial charge in [0.05, 0.1) is 6.04 Å². The number of benzene rings is 1. The molecule has 0 fully saturated rings. The van der Waals surface area contributed by atoms with Crippen LogP contribution in [0.5, 0.6) is 5.75 Å². The summed E-state index contributed by atoms with van der Waals surface area (Å²) in [6.45, 7) is 5.15. The third kappa shape index (κ3) is 3.60. The number of rotatable bonds is 5. The highest BCUT2D eigenvalue weighted by atomic mass is 16.3. The van der Waals surface area contributed by atoms with Crippen molar-refractivity contribution in [3.63, 3.8) is 0 Å². The van der Waals surface area contributed by atoms with Gasteiger partial charge in [0.25, 0.3) is 0 Å². The summed E-state index contributed by atoms with van der Waals surface area (Å²) in [5.41, 5.74) is 1.14. The van der Waals surface area contributed by atoms with Crippen molar-refractivity contribution in [3.05, 3.63) is 42.0 Å². The monoisotopic (exact) mass is 259 g/mol. The van der Waals surface area contributed by atoms with Crippen molar-refractivity contribution in [3.8, 4) is 5.75 Å². The highest BCUT2D eigenvalue weighted by Crippen LogP contribution is 2.19. The Labute approximate surface area is 114 Å². The van der Waals surface area contributed by atoms with Crippen LogP contribution in [0.25, 0.3) is 0 Å². The molecule has 0 bridgehead atoms. The first-order valence-corrected chi connectivity index (χ1v) is 6.83. The van der Waals surface area contributed by atoms with Crippen molar-refractivity contribution in [1.29, 1.82) is 0 Å². The molecular weight excluding hydrogens is 238 g/mol. The molecule has 19 heavy (non-hydrogen) atoms. The zero-order chi connectivity index (χ0) is 13.8. The Balaban J connectivity index is 1.99. The van der Waals surface area contributed by atoms with Gasteiger partial charge in [0.15, 0.2) is 0 Å². The highest BCUT2D eigenvalue weighted by molar-refractivity contribution is 5.90. The fourth-order valence-corrected chi connectivity index (χ4v) is 2.28. The molecule has 0 saturated carbocycles. The van der Waals surface area contributed by atoms with E-state index in [1.807, 2.05) is 23.1 Å². The predicted octanol–water partition coefficient (Wildman–Crippen LogP) is 2.75. The van der Waals surface area contributed by atoms with Crippen LogP contribution < -0.4 is 0 Å². The van der Waals surface area contributed by atoms with Crippen LogP contribution in [0.1, 0.15) is 25.8 Å². The zero-order valence-electron chi connectivity index (χ0n) is 11.5. The van der Waals surface area contributed by atoms with Crippen LogP contribution in [-0.4, -0.2) is 28.5 Å². The summed E-state index contributed by atoms with van der Waals surface area (Å²) in [6, 6.07) is 7.35. The maximum atomic E-state index is 11.8. The molecule has 2 rings (SSSR count). The lowest BCUT2D eigenvalue weighted by atomic mass is 10.0. The molecule has 1 heterocycles. The number of aromatic hydroxyl groups is 1. The fourth-order valence-electron chi connectivity index (χ4n) is 2.28. The highest BCUT2D eigenvalue weighted by Gasteiger charge is 2.25. The fraction of sp³-hybridized carbons (Fsp3) is 0.438. The molecule has 1 amide bonds. The van der Waals surface area contributed by atoms with Gasteiger partial charge in [0.2, 0.25) is 5.91 Å². The summed E-state index contributed by atoms with van der Waals surface area (Å²) in [4.78, 5) is 13.8. The van der Waals surface area contributed by atoms with Gasteiger partial charge >= 0.3 is 0 Å². The topological polar surface area (TPSA) is 40.5 Å². The van der Waals surface area contributed by atoms with Crippen molar-refractivity contribution in [1.82, 2.24) is 4.90 Å².